The lowest BCUT2D eigenvalue weighted by Crippen LogP contribution is -2.83. The minimum Gasteiger partial charge on any atom is -0.496 e. The van der Waals surface area contributed by atoms with Crippen LogP contribution in [0.5, 0.6) is 17.2 Å². The number of quaternary nitrogens is 1. The van der Waals surface area contributed by atoms with Crippen LogP contribution >= 0.6 is 0 Å². The highest BCUT2D eigenvalue weighted by molar-refractivity contribution is 5.50. The summed E-state index contributed by atoms with van der Waals surface area (Å²) in [5, 5.41) is 2.25. The van der Waals surface area contributed by atoms with E-state index in [1.54, 1.807) is 21.3 Å². The Morgan fingerprint density at radius 2 is 1.72 bits per heavy atom. The van der Waals surface area contributed by atoms with Gasteiger partial charge in [-0.05, 0) is 23.6 Å². The zero-order valence-corrected chi connectivity index (χ0v) is 15.1. The van der Waals surface area contributed by atoms with E-state index in [1.807, 2.05) is 12.1 Å². The Morgan fingerprint density at radius 1 is 1.00 bits per heavy atom. The molecule has 1 aliphatic heterocycles. The summed E-state index contributed by atoms with van der Waals surface area (Å²) in [4.78, 5) is 0. The van der Waals surface area contributed by atoms with Gasteiger partial charge in [-0.3, -0.25) is 0 Å². The lowest BCUT2D eigenvalue weighted by molar-refractivity contribution is -0.678. The third-order valence-electron chi connectivity index (χ3n) is 4.62. The maximum Gasteiger partial charge on any atom is 0.164 e. The van der Waals surface area contributed by atoms with Crippen molar-refractivity contribution in [3.63, 3.8) is 0 Å². The Kier molecular flexibility index (Phi) is 5.79. The predicted molar refractivity (Wildman–Crippen MR) is 95.4 cm³/mol. The summed E-state index contributed by atoms with van der Waals surface area (Å²) < 4.78 is 22.2. The van der Waals surface area contributed by atoms with Crippen LogP contribution in [0.25, 0.3) is 0 Å². The Bertz CT molecular complexity index is 717. The van der Waals surface area contributed by atoms with E-state index in [4.69, 9.17) is 18.9 Å². The first-order valence-corrected chi connectivity index (χ1v) is 8.56. The maximum absolute atomic E-state index is 5.97. The molecule has 25 heavy (non-hydrogen) atoms. The second-order valence-electron chi connectivity index (χ2n) is 6.06. The minimum absolute atomic E-state index is 0.135. The van der Waals surface area contributed by atoms with Crippen molar-refractivity contribution in [3.05, 3.63) is 53.1 Å². The summed E-state index contributed by atoms with van der Waals surface area (Å²) in [5.74, 6) is 2.19. The molecule has 2 aromatic carbocycles. The van der Waals surface area contributed by atoms with Gasteiger partial charge in [0.25, 0.3) is 0 Å². The van der Waals surface area contributed by atoms with Crippen molar-refractivity contribution >= 4 is 0 Å². The molecule has 0 fully saturated rings. The van der Waals surface area contributed by atoms with Gasteiger partial charge in [-0.25, -0.2) is 0 Å². The van der Waals surface area contributed by atoms with Crippen LogP contribution in [-0.2, 0) is 17.7 Å². The summed E-state index contributed by atoms with van der Waals surface area (Å²) in [5.41, 5.74) is 3.78. The maximum atomic E-state index is 5.97. The van der Waals surface area contributed by atoms with Crippen molar-refractivity contribution in [1.82, 2.24) is 0 Å². The largest absolute Gasteiger partial charge is 0.496 e. The van der Waals surface area contributed by atoms with Crippen LogP contribution in [0.4, 0.5) is 0 Å². The summed E-state index contributed by atoms with van der Waals surface area (Å²) >= 11 is 0. The Labute approximate surface area is 148 Å². The van der Waals surface area contributed by atoms with Crippen LogP contribution in [0.1, 0.15) is 22.8 Å². The molecule has 0 radical (unpaired) electrons. The number of methoxy groups -OCH3 is 3. The number of hydrogen-bond donors (Lipinski definition) is 1. The molecule has 0 unspecified atom stereocenters. The van der Waals surface area contributed by atoms with Gasteiger partial charge in [0.2, 0.25) is 0 Å². The number of benzene rings is 2. The van der Waals surface area contributed by atoms with Gasteiger partial charge in [0.1, 0.15) is 24.9 Å². The Hall–Kier alpha value is -2.24. The fraction of sp³-hybridized carbons (Fsp3) is 0.400. The van der Waals surface area contributed by atoms with E-state index in [2.05, 4.69) is 29.6 Å². The monoisotopic (exact) mass is 344 g/mol. The molecule has 5 heteroatoms. The zero-order chi connectivity index (χ0) is 17.6. The summed E-state index contributed by atoms with van der Waals surface area (Å²) in [6.07, 6.45) is 1.13. The van der Waals surface area contributed by atoms with Crippen molar-refractivity contribution in [2.45, 2.75) is 19.1 Å². The molecule has 3 rings (SSSR count). The van der Waals surface area contributed by atoms with Gasteiger partial charge in [0, 0.05) is 6.07 Å². The van der Waals surface area contributed by atoms with Crippen molar-refractivity contribution in [2.24, 2.45) is 0 Å². The first-order valence-electron chi connectivity index (χ1n) is 8.56. The molecule has 0 aliphatic carbocycles. The van der Waals surface area contributed by atoms with Crippen LogP contribution in [-0.4, -0.2) is 34.5 Å². The molecule has 2 N–H and O–H groups in total. The fourth-order valence-electron chi connectivity index (χ4n) is 3.31. The number of nitrogens with two attached hydrogens (primary N) is 1. The number of hydrogen-bond acceptors (Lipinski definition) is 4. The highest BCUT2D eigenvalue weighted by Crippen LogP contribution is 2.34. The lowest BCUT2D eigenvalue weighted by Gasteiger charge is -2.25. The van der Waals surface area contributed by atoms with Gasteiger partial charge in [-0.1, -0.05) is 24.3 Å². The highest BCUT2D eigenvalue weighted by atomic mass is 16.5. The summed E-state index contributed by atoms with van der Waals surface area (Å²) in [7, 11) is 4.94. The molecule has 2 aromatic rings. The van der Waals surface area contributed by atoms with Crippen molar-refractivity contribution < 1.29 is 24.3 Å². The average Bonchev–Trinajstić information content (AvgIpc) is 2.67. The van der Waals surface area contributed by atoms with Crippen LogP contribution in [0.15, 0.2) is 36.4 Å². The molecule has 0 aromatic heterocycles. The van der Waals surface area contributed by atoms with Crippen LogP contribution in [0.2, 0.25) is 0 Å². The van der Waals surface area contributed by atoms with Gasteiger partial charge in [0.15, 0.2) is 11.5 Å². The first-order chi connectivity index (χ1) is 12.3. The van der Waals surface area contributed by atoms with E-state index in [1.165, 1.54) is 11.1 Å². The standard InChI is InChI=1S/C20H25NO4/c1-22-17-11-19(24-3)18(23-2)10-15(17)12-21-13-20-16-7-5-4-6-14(16)8-9-25-20/h4-7,10-11,20-21H,8-9,12-13H2,1-3H3/p+1/t20-/m0/s1. The van der Waals surface area contributed by atoms with E-state index in [0.717, 1.165) is 37.4 Å². The van der Waals surface area contributed by atoms with Gasteiger partial charge in [-0.2, -0.15) is 0 Å². The van der Waals surface area contributed by atoms with Crippen molar-refractivity contribution in [2.75, 3.05) is 34.5 Å². The van der Waals surface area contributed by atoms with E-state index >= 15 is 0 Å². The van der Waals surface area contributed by atoms with Crippen molar-refractivity contribution in [1.29, 1.82) is 0 Å². The van der Waals surface area contributed by atoms with E-state index < -0.39 is 0 Å². The molecule has 0 bridgehead atoms. The summed E-state index contributed by atoms with van der Waals surface area (Å²) in [6.45, 7) is 2.44. The SMILES string of the molecule is COc1cc(OC)c(OC)cc1C[NH2+]C[C@@H]1OCCc2ccccc21. The third-order valence-corrected chi connectivity index (χ3v) is 4.62. The fourth-order valence-corrected chi connectivity index (χ4v) is 3.31. The number of fused-ring (bicyclic) bond motifs is 1. The van der Waals surface area contributed by atoms with Crippen LogP contribution in [0, 0.1) is 0 Å². The first kappa shape index (κ1) is 17.6. The molecule has 134 valence electrons. The average molecular weight is 344 g/mol. The number of ether oxygens (including phenoxy) is 4. The molecular weight excluding hydrogens is 318 g/mol. The summed E-state index contributed by atoms with van der Waals surface area (Å²) in [6, 6.07) is 12.4. The molecule has 0 saturated carbocycles. The van der Waals surface area contributed by atoms with Gasteiger partial charge >= 0.3 is 0 Å². The number of rotatable bonds is 7. The van der Waals surface area contributed by atoms with E-state index in [9.17, 15) is 0 Å². The Balaban J connectivity index is 1.68. The topological polar surface area (TPSA) is 53.5 Å². The second kappa shape index (κ2) is 8.23. The second-order valence-corrected chi connectivity index (χ2v) is 6.06. The molecule has 0 saturated heterocycles. The highest BCUT2D eigenvalue weighted by Gasteiger charge is 2.22. The molecule has 1 aliphatic rings. The zero-order valence-electron chi connectivity index (χ0n) is 15.1. The van der Waals surface area contributed by atoms with Gasteiger partial charge < -0.3 is 24.3 Å². The third kappa shape index (κ3) is 3.89. The van der Waals surface area contributed by atoms with E-state index in [0.29, 0.717) is 11.5 Å². The van der Waals surface area contributed by atoms with Crippen LogP contribution in [0.3, 0.4) is 0 Å². The minimum atomic E-state index is 0.135. The molecule has 0 spiro atoms. The molecule has 0 amide bonds. The van der Waals surface area contributed by atoms with Gasteiger partial charge in [0.05, 0.1) is 33.5 Å². The normalized spacial score (nSPS) is 16.2. The predicted octanol–water partition coefficient (Wildman–Crippen LogP) is 2.09. The molecular formula is C20H26NO4+. The molecule has 1 heterocycles. The smallest absolute Gasteiger partial charge is 0.164 e. The molecule has 5 nitrogen and oxygen atoms in total. The Morgan fingerprint density at radius 3 is 2.48 bits per heavy atom. The van der Waals surface area contributed by atoms with E-state index in [-0.39, 0.29) is 6.10 Å². The molecule has 1 atom stereocenters. The quantitative estimate of drug-likeness (QED) is 0.836. The van der Waals surface area contributed by atoms with Gasteiger partial charge in [-0.15, -0.1) is 0 Å². The van der Waals surface area contributed by atoms with Crippen LogP contribution < -0.4 is 19.5 Å². The lowest BCUT2D eigenvalue weighted by atomic mass is 9.97. The van der Waals surface area contributed by atoms with Crippen molar-refractivity contribution in [3.8, 4) is 17.2 Å².